The second-order valence-corrected chi connectivity index (χ2v) is 5.66. The van der Waals surface area contributed by atoms with Gasteiger partial charge in [-0.2, -0.15) is 0 Å². The number of hydrogen-bond donors (Lipinski definition) is 1. The van der Waals surface area contributed by atoms with Gasteiger partial charge in [-0.1, -0.05) is 24.3 Å². The van der Waals surface area contributed by atoms with Crippen molar-refractivity contribution < 1.29 is 19.0 Å². The molecule has 5 heteroatoms. The molecule has 0 fully saturated rings. The van der Waals surface area contributed by atoms with Crippen molar-refractivity contribution in [1.29, 1.82) is 0 Å². The summed E-state index contributed by atoms with van der Waals surface area (Å²) in [4.78, 5) is 12.2. The number of aryl methyl sites for hydroxylation is 1. The highest BCUT2D eigenvalue weighted by Gasteiger charge is 2.09. The van der Waals surface area contributed by atoms with Gasteiger partial charge in [0.05, 0.1) is 20.8 Å². The summed E-state index contributed by atoms with van der Waals surface area (Å²) in [5, 5.41) is 2.97. The molecule has 1 N–H and O–H groups in total. The predicted octanol–water partition coefficient (Wildman–Crippen LogP) is 3.10. The summed E-state index contributed by atoms with van der Waals surface area (Å²) in [5.41, 5.74) is 3.10. The van der Waals surface area contributed by atoms with E-state index in [2.05, 4.69) is 5.32 Å². The summed E-state index contributed by atoms with van der Waals surface area (Å²) in [6, 6.07) is 13.5. The molecule has 0 radical (unpaired) electrons. The number of methoxy groups -OCH3 is 3. The molecular weight excluding hydrogens is 318 g/mol. The minimum Gasteiger partial charge on any atom is -0.497 e. The molecule has 0 aliphatic heterocycles. The fourth-order valence-electron chi connectivity index (χ4n) is 2.63. The molecule has 134 valence electrons. The van der Waals surface area contributed by atoms with E-state index >= 15 is 0 Å². The molecule has 1 amide bonds. The van der Waals surface area contributed by atoms with Crippen LogP contribution in [0.5, 0.6) is 11.5 Å². The Kier molecular flexibility index (Phi) is 7.29. The lowest BCUT2D eigenvalue weighted by Crippen LogP contribution is -2.23. The maximum Gasteiger partial charge on any atom is 0.220 e. The molecule has 0 saturated heterocycles. The quantitative estimate of drug-likeness (QED) is 0.760. The molecule has 0 spiro atoms. The van der Waals surface area contributed by atoms with Gasteiger partial charge in [0.25, 0.3) is 0 Å². The third-order valence-electron chi connectivity index (χ3n) is 4.00. The molecule has 0 aromatic heterocycles. The van der Waals surface area contributed by atoms with Crippen molar-refractivity contribution in [2.24, 2.45) is 0 Å². The van der Waals surface area contributed by atoms with Crippen LogP contribution in [0.1, 0.15) is 23.1 Å². The van der Waals surface area contributed by atoms with Gasteiger partial charge in [0, 0.05) is 20.1 Å². The van der Waals surface area contributed by atoms with Crippen LogP contribution < -0.4 is 14.8 Å². The zero-order chi connectivity index (χ0) is 18.1. The summed E-state index contributed by atoms with van der Waals surface area (Å²) < 4.78 is 15.8. The first kappa shape index (κ1) is 18.8. The van der Waals surface area contributed by atoms with Crippen LogP contribution in [0.4, 0.5) is 0 Å². The van der Waals surface area contributed by atoms with Crippen LogP contribution in [0.3, 0.4) is 0 Å². The van der Waals surface area contributed by atoms with Gasteiger partial charge < -0.3 is 19.5 Å². The monoisotopic (exact) mass is 343 g/mol. The smallest absolute Gasteiger partial charge is 0.220 e. The summed E-state index contributed by atoms with van der Waals surface area (Å²) >= 11 is 0. The molecule has 0 aliphatic carbocycles. The first-order valence-electron chi connectivity index (χ1n) is 8.21. The van der Waals surface area contributed by atoms with Crippen LogP contribution in [0.25, 0.3) is 0 Å². The lowest BCUT2D eigenvalue weighted by Gasteiger charge is -2.12. The minimum atomic E-state index is -0.00269. The average molecular weight is 343 g/mol. The molecule has 5 nitrogen and oxygen atoms in total. The van der Waals surface area contributed by atoms with E-state index in [4.69, 9.17) is 14.2 Å². The second-order valence-electron chi connectivity index (χ2n) is 5.66. The number of ether oxygens (including phenoxy) is 3. The van der Waals surface area contributed by atoms with E-state index in [1.54, 1.807) is 21.3 Å². The van der Waals surface area contributed by atoms with E-state index in [0.717, 1.165) is 28.2 Å². The van der Waals surface area contributed by atoms with Gasteiger partial charge in [-0.15, -0.1) is 0 Å². The topological polar surface area (TPSA) is 56.8 Å². The summed E-state index contributed by atoms with van der Waals surface area (Å²) in [6.45, 7) is 1.03. The molecule has 0 atom stereocenters. The zero-order valence-corrected chi connectivity index (χ0v) is 15.0. The van der Waals surface area contributed by atoms with E-state index in [-0.39, 0.29) is 5.91 Å². The zero-order valence-electron chi connectivity index (χ0n) is 15.0. The predicted molar refractivity (Wildman–Crippen MR) is 96.9 cm³/mol. The Morgan fingerprint density at radius 2 is 1.72 bits per heavy atom. The average Bonchev–Trinajstić information content (AvgIpc) is 2.65. The van der Waals surface area contributed by atoms with Crippen molar-refractivity contribution in [3.63, 3.8) is 0 Å². The lowest BCUT2D eigenvalue weighted by atomic mass is 10.1. The van der Waals surface area contributed by atoms with Crippen molar-refractivity contribution in [3.05, 3.63) is 59.2 Å². The van der Waals surface area contributed by atoms with E-state index in [0.29, 0.717) is 26.0 Å². The highest BCUT2D eigenvalue weighted by atomic mass is 16.5. The van der Waals surface area contributed by atoms with Crippen molar-refractivity contribution in [3.8, 4) is 11.5 Å². The van der Waals surface area contributed by atoms with Gasteiger partial charge in [-0.3, -0.25) is 4.79 Å². The van der Waals surface area contributed by atoms with Gasteiger partial charge >= 0.3 is 0 Å². The molecule has 2 rings (SSSR count). The number of carbonyl (C=O) groups excluding carboxylic acids is 1. The Morgan fingerprint density at radius 3 is 2.40 bits per heavy atom. The lowest BCUT2D eigenvalue weighted by molar-refractivity contribution is -0.121. The number of benzene rings is 2. The Bertz CT molecular complexity index is 700. The fourth-order valence-corrected chi connectivity index (χ4v) is 2.63. The SMILES string of the molecule is COCc1ccccc1CNC(=O)CCc1cc(OC)ccc1OC. The van der Waals surface area contributed by atoms with E-state index in [1.807, 2.05) is 42.5 Å². The molecule has 0 heterocycles. The van der Waals surface area contributed by atoms with Crippen molar-refractivity contribution in [2.75, 3.05) is 21.3 Å². The van der Waals surface area contributed by atoms with Crippen LogP contribution in [0, 0.1) is 0 Å². The Balaban J connectivity index is 1.91. The van der Waals surface area contributed by atoms with E-state index in [9.17, 15) is 4.79 Å². The van der Waals surface area contributed by atoms with Gasteiger partial charge in [-0.05, 0) is 41.3 Å². The molecule has 0 unspecified atom stereocenters. The van der Waals surface area contributed by atoms with Crippen LogP contribution in [0.15, 0.2) is 42.5 Å². The highest BCUT2D eigenvalue weighted by Crippen LogP contribution is 2.25. The molecular formula is C20H25NO4. The Morgan fingerprint density at radius 1 is 0.960 bits per heavy atom. The third-order valence-corrected chi connectivity index (χ3v) is 4.00. The van der Waals surface area contributed by atoms with Gasteiger partial charge in [0.2, 0.25) is 5.91 Å². The molecule has 2 aromatic rings. The molecule has 0 bridgehead atoms. The maximum absolute atomic E-state index is 12.2. The standard InChI is InChI=1S/C20H25NO4/c1-23-14-17-7-5-4-6-16(17)13-21-20(22)11-8-15-12-18(24-2)9-10-19(15)25-3/h4-7,9-10,12H,8,11,13-14H2,1-3H3,(H,21,22). The van der Waals surface area contributed by atoms with Crippen molar-refractivity contribution >= 4 is 5.91 Å². The number of nitrogens with one attached hydrogen (secondary N) is 1. The van der Waals surface area contributed by atoms with Crippen molar-refractivity contribution in [1.82, 2.24) is 5.32 Å². The number of amides is 1. The van der Waals surface area contributed by atoms with Gasteiger partial charge in [0.15, 0.2) is 0 Å². The van der Waals surface area contributed by atoms with Crippen LogP contribution in [-0.2, 0) is 29.1 Å². The van der Waals surface area contributed by atoms with Crippen LogP contribution in [0.2, 0.25) is 0 Å². The summed E-state index contributed by atoms with van der Waals surface area (Å²) in [5.74, 6) is 1.51. The highest BCUT2D eigenvalue weighted by molar-refractivity contribution is 5.76. The molecule has 0 saturated carbocycles. The van der Waals surface area contributed by atoms with Crippen LogP contribution >= 0.6 is 0 Å². The largest absolute Gasteiger partial charge is 0.497 e. The number of hydrogen-bond acceptors (Lipinski definition) is 4. The summed E-state index contributed by atoms with van der Waals surface area (Å²) in [6.07, 6.45) is 0.974. The normalized spacial score (nSPS) is 10.4. The fraction of sp³-hybridized carbons (Fsp3) is 0.350. The van der Waals surface area contributed by atoms with E-state index in [1.165, 1.54) is 0 Å². The Labute approximate surface area is 148 Å². The first-order valence-corrected chi connectivity index (χ1v) is 8.21. The molecule has 25 heavy (non-hydrogen) atoms. The molecule has 2 aromatic carbocycles. The number of carbonyl (C=O) groups is 1. The van der Waals surface area contributed by atoms with E-state index < -0.39 is 0 Å². The second kappa shape index (κ2) is 9.69. The third kappa shape index (κ3) is 5.50. The first-order chi connectivity index (χ1) is 12.2. The minimum absolute atomic E-state index is 0.00269. The summed E-state index contributed by atoms with van der Waals surface area (Å²) in [7, 11) is 4.91. The number of rotatable bonds is 9. The molecule has 0 aliphatic rings. The van der Waals surface area contributed by atoms with Gasteiger partial charge in [-0.25, -0.2) is 0 Å². The van der Waals surface area contributed by atoms with Crippen LogP contribution in [-0.4, -0.2) is 27.2 Å². The van der Waals surface area contributed by atoms with Crippen molar-refractivity contribution in [2.45, 2.75) is 26.0 Å². The maximum atomic E-state index is 12.2. The van der Waals surface area contributed by atoms with Gasteiger partial charge in [0.1, 0.15) is 11.5 Å². The Hall–Kier alpha value is -2.53.